The summed E-state index contributed by atoms with van der Waals surface area (Å²) in [5.41, 5.74) is 6.53. The SMILES string of the molecule is Cc1cc(NCC(C)CCCN)n(C)n1. The van der Waals surface area contributed by atoms with E-state index in [0.717, 1.165) is 31.0 Å². The van der Waals surface area contributed by atoms with E-state index in [1.54, 1.807) is 0 Å². The Hall–Kier alpha value is -1.03. The van der Waals surface area contributed by atoms with Gasteiger partial charge in [-0.05, 0) is 32.2 Å². The first kappa shape index (κ1) is 12.0. The fraction of sp³-hybridized carbons (Fsp3) is 0.727. The first-order valence-corrected chi connectivity index (χ1v) is 5.58. The number of nitrogens with zero attached hydrogens (tertiary/aromatic N) is 2. The fourth-order valence-corrected chi connectivity index (χ4v) is 1.62. The molecule has 0 aliphatic carbocycles. The summed E-state index contributed by atoms with van der Waals surface area (Å²) in [4.78, 5) is 0. The van der Waals surface area contributed by atoms with Crippen LogP contribution in [0.25, 0.3) is 0 Å². The zero-order chi connectivity index (χ0) is 11.3. The van der Waals surface area contributed by atoms with E-state index in [1.807, 2.05) is 18.7 Å². The van der Waals surface area contributed by atoms with Crippen LogP contribution in [0, 0.1) is 12.8 Å². The second-order valence-corrected chi connectivity index (χ2v) is 4.21. The lowest BCUT2D eigenvalue weighted by molar-refractivity contribution is 0.536. The first-order chi connectivity index (χ1) is 7.13. The number of hydrogen-bond donors (Lipinski definition) is 2. The third kappa shape index (κ3) is 3.91. The van der Waals surface area contributed by atoms with Gasteiger partial charge in [0.05, 0.1) is 5.69 Å². The summed E-state index contributed by atoms with van der Waals surface area (Å²) in [7, 11) is 1.96. The maximum atomic E-state index is 5.48. The molecule has 0 spiro atoms. The fourth-order valence-electron chi connectivity index (χ4n) is 1.62. The van der Waals surface area contributed by atoms with Crippen molar-refractivity contribution in [3.63, 3.8) is 0 Å². The van der Waals surface area contributed by atoms with Crippen molar-refractivity contribution in [2.75, 3.05) is 18.4 Å². The van der Waals surface area contributed by atoms with E-state index >= 15 is 0 Å². The molecule has 1 rings (SSSR count). The predicted molar refractivity (Wildman–Crippen MR) is 63.9 cm³/mol. The third-order valence-electron chi connectivity index (χ3n) is 2.53. The average Bonchev–Trinajstić information content (AvgIpc) is 2.51. The molecule has 86 valence electrons. The van der Waals surface area contributed by atoms with Crippen molar-refractivity contribution in [2.45, 2.75) is 26.7 Å². The highest BCUT2D eigenvalue weighted by molar-refractivity contribution is 5.36. The molecular formula is C11H22N4. The lowest BCUT2D eigenvalue weighted by Crippen LogP contribution is -2.14. The van der Waals surface area contributed by atoms with Crippen molar-refractivity contribution in [3.05, 3.63) is 11.8 Å². The second-order valence-electron chi connectivity index (χ2n) is 4.21. The second kappa shape index (κ2) is 5.75. The zero-order valence-electron chi connectivity index (χ0n) is 9.95. The molecule has 0 saturated heterocycles. The van der Waals surface area contributed by atoms with E-state index < -0.39 is 0 Å². The van der Waals surface area contributed by atoms with Gasteiger partial charge in [-0.3, -0.25) is 4.68 Å². The topological polar surface area (TPSA) is 55.9 Å². The lowest BCUT2D eigenvalue weighted by Gasteiger charge is -2.12. The minimum Gasteiger partial charge on any atom is -0.370 e. The van der Waals surface area contributed by atoms with E-state index in [1.165, 1.54) is 6.42 Å². The number of hydrogen-bond acceptors (Lipinski definition) is 3. The quantitative estimate of drug-likeness (QED) is 0.748. The Morgan fingerprint density at radius 3 is 2.87 bits per heavy atom. The van der Waals surface area contributed by atoms with Gasteiger partial charge in [-0.2, -0.15) is 5.10 Å². The molecule has 1 aromatic heterocycles. The molecular weight excluding hydrogens is 188 g/mol. The van der Waals surface area contributed by atoms with Crippen molar-refractivity contribution in [1.29, 1.82) is 0 Å². The van der Waals surface area contributed by atoms with Gasteiger partial charge in [0.1, 0.15) is 5.82 Å². The van der Waals surface area contributed by atoms with Crippen LogP contribution in [0.3, 0.4) is 0 Å². The largest absolute Gasteiger partial charge is 0.370 e. The first-order valence-electron chi connectivity index (χ1n) is 5.58. The smallest absolute Gasteiger partial charge is 0.124 e. The highest BCUT2D eigenvalue weighted by Gasteiger charge is 2.04. The Balaban J connectivity index is 2.33. The predicted octanol–water partition coefficient (Wildman–Crippen LogP) is 1.52. The highest BCUT2D eigenvalue weighted by Crippen LogP contribution is 2.10. The van der Waals surface area contributed by atoms with E-state index in [4.69, 9.17) is 5.73 Å². The summed E-state index contributed by atoms with van der Waals surface area (Å²) in [5.74, 6) is 1.75. The highest BCUT2D eigenvalue weighted by atomic mass is 15.3. The van der Waals surface area contributed by atoms with Crippen LogP contribution in [0.2, 0.25) is 0 Å². The molecule has 0 aromatic carbocycles. The molecule has 0 aliphatic heterocycles. The van der Waals surface area contributed by atoms with Gasteiger partial charge < -0.3 is 11.1 Å². The number of nitrogens with one attached hydrogen (secondary N) is 1. The van der Waals surface area contributed by atoms with Gasteiger partial charge in [-0.15, -0.1) is 0 Å². The number of anilines is 1. The Morgan fingerprint density at radius 2 is 2.33 bits per heavy atom. The van der Waals surface area contributed by atoms with Gasteiger partial charge >= 0.3 is 0 Å². The number of aromatic nitrogens is 2. The molecule has 0 aliphatic rings. The minimum absolute atomic E-state index is 0.656. The van der Waals surface area contributed by atoms with Crippen LogP contribution in [-0.2, 0) is 7.05 Å². The molecule has 3 N–H and O–H groups in total. The normalized spacial score (nSPS) is 12.8. The molecule has 0 fully saturated rings. The van der Waals surface area contributed by atoms with Gasteiger partial charge in [-0.1, -0.05) is 6.92 Å². The molecule has 0 amide bonds. The van der Waals surface area contributed by atoms with Crippen molar-refractivity contribution < 1.29 is 0 Å². The van der Waals surface area contributed by atoms with Crippen LogP contribution in [0.4, 0.5) is 5.82 Å². The molecule has 1 unspecified atom stereocenters. The summed E-state index contributed by atoms with van der Waals surface area (Å²) >= 11 is 0. The van der Waals surface area contributed by atoms with Gasteiger partial charge in [0.25, 0.3) is 0 Å². The van der Waals surface area contributed by atoms with E-state index in [2.05, 4.69) is 23.4 Å². The summed E-state index contributed by atoms with van der Waals surface area (Å²) in [6.07, 6.45) is 2.29. The monoisotopic (exact) mass is 210 g/mol. The molecule has 1 atom stereocenters. The number of nitrogens with two attached hydrogens (primary N) is 1. The Bertz CT molecular complexity index is 293. The van der Waals surface area contributed by atoms with Crippen LogP contribution in [0.15, 0.2) is 6.07 Å². The van der Waals surface area contributed by atoms with Crippen LogP contribution in [-0.4, -0.2) is 22.9 Å². The maximum Gasteiger partial charge on any atom is 0.124 e. The van der Waals surface area contributed by atoms with Crippen molar-refractivity contribution in [1.82, 2.24) is 9.78 Å². The number of rotatable bonds is 6. The average molecular weight is 210 g/mol. The van der Waals surface area contributed by atoms with E-state index in [9.17, 15) is 0 Å². The minimum atomic E-state index is 0.656. The van der Waals surface area contributed by atoms with E-state index in [-0.39, 0.29) is 0 Å². The standard InChI is InChI=1S/C11H22N4/c1-9(5-4-6-12)8-13-11-7-10(2)14-15(11)3/h7,9,13H,4-6,8,12H2,1-3H3. The maximum absolute atomic E-state index is 5.48. The molecule has 0 bridgehead atoms. The zero-order valence-corrected chi connectivity index (χ0v) is 9.95. The molecule has 4 nitrogen and oxygen atoms in total. The molecule has 1 heterocycles. The van der Waals surface area contributed by atoms with Gasteiger partial charge in [0.2, 0.25) is 0 Å². The Labute approximate surface area is 91.8 Å². The third-order valence-corrected chi connectivity index (χ3v) is 2.53. The summed E-state index contributed by atoms with van der Waals surface area (Å²) < 4.78 is 1.88. The molecule has 1 aromatic rings. The van der Waals surface area contributed by atoms with Crippen molar-refractivity contribution in [3.8, 4) is 0 Å². The van der Waals surface area contributed by atoms with Crippen LogP contribution >= 0.6 is 0 Å². The van der Waals surface area contributed by atoms with Crippen LogP contribution < -0.4 is 11.1 Å². The van der Waals surface area contributed by atoms with Gasteiger partial charge in [0.15, 0.2) is 0 Å². The Kier molecular flexibility index (Phi) is 4.62. The lowest BCUT2D eigenvalue weighted by atomic mass is 10.1. The summed E-state index contributed by atoms with van der Waals surface area (Å²) in [5, 5.41) is 7.69. The molecule has 0 radical (unpaired) electrons. The Morgan fingerprint density at radius 1 is 1.60 bits per heavy atom. The summed E-state index contributed by atoms with van der Waals surface area (Å²) in [6.45, 7) is 6.02. The summed E-state index contributed by atoms with van der Waals surface area (Å²) in [6, 6.07) is 2.07. The van der Waals surface area contributed by atoms with Crippen molar-refractivity contribution >= 4 is 5.82 Å². The van der Waals surface area contributed by atoms with Gasteiger partial charge in [0, 0.05) is 19.7 Å². The van der Waals surface area contributed by atoms with E-state index in [0.29, 0.717) is 5.92 Å². The van der Waals surface area contributed by atoms with Crippen LogP contribution in [0.5, 0.6) is 0 Å². The van der Waals surface area contributed by atoms with Gasteiger partial charge in [-0.25, -0.2) is 0 Å². The van der Waals surface area contributed by atoms with Crippen LogP contribution in [0.1, 0.15) is 25.5 Å². The molecule has 0 saturated carbocycles. The number of aryl methyl sites for hydroxylation is 2. The molecule has 4 heteroatoms. The molecule has 15 heavy (non-hydrogen) atoms. The van der Waals surface area contributed by atoms with Crippen molar-refractivity contribution in [2.24, 2.45) is 18.7 Å².